The highest BCUT2D eigenvalue weighted by atomic mass is 16.8. The van der Waals surface area contributed by atoms with Gasteiger partial charge < -0.3 is 14.6 Å². The summed E-state index contributed by atoms with van der Waals surface area (Å²) in [5.41, 5.74) is -1.51. The molecule has 142 valence electrons. The number of hydroxylamine groups is 2. The van der Waals surface area contributed by atoms with Gasteiger partial charge in [0.15, 0.2) is 0 Å². The predicted molar refractivity (Wildman–Crippen MR) is 91.4 cm³/mol. The van der Waals surface area contributed by atoms with Crippen LogP contribution in [0.1, 0.15) is 61.3 Å². The van der Waals surface area contributed by atoms with Crippen LogP contribution < -0.4 is 0 Å². The molecule has 1 saturated carbocycles. The van der Waals surface area contributed by atoms with Gasteiger partial charge in [-0.3, -0.25) is 4.84 Å². The number of hydrogen-bond acceptors (Lipinski definition) is 6. The number of ether oxygens (including phenoxy) is 2. The molecule has 1 amide bonds. The van der Waals surface area contributed by atoms with E-state index in [9.17, 15) is 14.7 Å². The molecule has 0 saturated heterocycles. The summed E-state index contributed by atoms with van der Waals surface area (Å²) in [6.07, 6.45) is -0.924. The van der Waals surface area contributed by atoms with Gasteiger partial charge in [-0.05, 0) is 61.3 Å². The molecule has 25 heavy (non-hydrogen) atoms. The fourth-order valence-corrected chi connectivity index (χ4v) is 1.93. The van der Waals surface area contributed by atoms with Crippen LogP contribution in [0.15, 0.2) is 0 Å². The molecule has 1 atom stereocenters. The van der Waals surface area contributed by atoms with Crippen molar-refractivity contribution in [2.45, 2.75) is 84.7 Å². The summed E-state index contributed by atoms with van der Waals surface area (Å²) in [5, 5.41) is 10.1. The highest BCUT2D eigenvalue weighted by Crippen LogP contribution is 2.26. The zero-order valence-electron chi connectivity index (χ0n) is 16.1. The summed E-state index contributed by atoms with van der Waals surface area (Å²) in [7, 11) is 0. The van der Waals surface area contributed by atoms with Crippen molar-refractivity contribution in [2.75, 3.05) is 0 Å². The lowest BCUT2D eigenvalue weighted by atomic mass is 9.83. The van der Waals surface area contributed by atoms with E-state index in [0.29, 0.717) is 12.8 Å². The highest BCUT2D eigenvalue weighted by Gasteiger charge is 2.31. The quantitative estimate of drug-likeness (QED) is 0.441. The SMILES string of the molecule is CC(C#C[C@H]1C[C@H](O)C1)N(OC(=O)OC(C)(C)C)C(=O)OC(C)(C)C. The van der Waals surface area contributed by atoms with E-state index >= 15 is 0 Å². The minimum Gasteiger partial charge on any atom is -0.442 e. The van der Waals surface area contributed by atoms with Crippen molar-refractivity contribution in [2.24, 2.45) is 5.92 Å². The van der Waals surface area contributed by atoms with Crippen molar-refractivity contribution < 1.29 is 29.0 Å². The third-order valence-corrected chi connectivity index (χ3v) is 3.10. The Labute approximate surface area is 149 Å². The second-order valence-corrected chi connectivity index (χ2v) is 8.15. The van der Waals surface area contributed by atoms with Gasteiger partial charge >= 0.3 is 12.2 Å². The standard InChI is InChI=1S/C18H29NO6/c1-12(8-9-13-10-14(20)11-13)19(15(21)23-17(2,3)4)25-16(22)24-18(5,6)7/h12-14,20H,10-11H2,1-7H3/t12?,13-,14-. The average Bonchev–Trinajstić information content (AvgIpc) is 2.35. The minimum absolute atomic E-state index is 0.0828. The van der Waals surface area contributed by atoms with Crippen LogP contribution >= 0.6 is 0 Å². The number of amides is 1. The maximum absolute atomic E-state index is 12.3. The Morgan fingerprint density at radius 2 is 1.60 bits per heavy atom. The third-order valence-electron chi connectivity index (χ3n) is 3.10. The molecule has 0 heterocycles. The zero-order valence-corrected chi connectivity index (χ0v) is 16.1. The first-order valence-electron chi connectivity index (χ1n) is 8.39. The smallest absolute Gasteiger partial charge is 0.442 e. The number of carbonyl (C=O) groups is 2. The summed E-state index contributed by atoms with van der Waals surface area (Å²) in [6, 6.07) is -0.722. The van der Waals surface area contributed by atoms with Crippen LogP contribution in [-0.4, -0.2) is 45.8 Å². The first-order valence-corrected chi connectivity index (χ1v) is 8.39. The first kappa shape index (κ1) is 21.1. The van der Waals surface area contributed by atoms with Gasteiger partial charge in [-0.1, -0.05) is 11.8 Å². The average molecular weight is 355 g/mol. The van der Waals surface area contributed by atoms with E-state index in [1.165, 1.54) is 0 Å². The fraction of sp³-hybridized carbons (Fsp3) is 0.778. The molecule has 1 N–H and O–H groups in total. The molecule has 0 aromatic carbocycles. The Morgan fingerprint density at radius 3 is 2.04 bits per heavy atom. The third kappa shape index (κ3) is 8.12. The van der Waals surface area contributed by atoms with E-state index in [1.54, 1.807) is 48.5 Å². The van der Waals surface area contributed by atoms with Crippen LogP contribution in [0.3, 0.4) is 0 Å². The van der Waals surface area contributed by atoms with Crippen LogP contribution in [0, 0.1) is 17.8 Å². The molecule has 1 aliphatic rings. The zero-order chi connectivity index (χ0) is 19.4. The van der Waals surface area contributed by atoms with E-state index in [0.717, 1.165) is 5.06 Å². The van der Waals surface area contributed by atoms with Gasteiger partial charge in [-0.15, -0.1) is 5.06 Å². The molecule has 7 heteroatoms. The number of carbonyl (C=O) groups excluding carboxylic acids is 2. The van der Waals surface area contributed by atoms with Gasteiger partial charge in [0.1, 0.15) is 17.2 Å². The lowest BCUT2D eigenvalue weighted by Crippen LogP contribution is -2.44. The van der Waals surface area contributed by atoms with E-state index in [1.807, 2.05) is 0 Å². The summed E-state index contributed by atoms with van der Waals surface area (Å²) < 4.78 is 10.3. The van der Waals surface area contributed by atoms with Crippen LogP contribution in [0.4, 0.5) is 9.59 Å². The molecule has 0 bridgehead atoms. The molecule has 0 radical (unpaired) electrons. The second-order valence-electron chi connectivity index (χ2n) is 8.15. The lowest BCUT2D eigenvalue weighted by molar-refractivity contribution is -0.144. The van der Waals surface area contributed by atoms with Gasteiger partial charge in [0.2, 0.25) is 0 Å². The molecule has 0 spiro atoms. The number of nitrogens with zero attached hydrogens (tertiary/aromatic N) is 1. The summed E-state index contributed by atoms with van der Waals surface area (Å²) in [5.74, 6) is 5.93. The second kappa shape index (κ2) is 7.96. The van der Waals surface area contributed by atoms with Crippen molar-refractivity contribution in [3.8, 4) is 11.8 Å². The lowest BCUT2D eigenvalue weighted by Gasteiger charge is -2.29. The molecule has 0 aliphatic heterocycles. The van der Waals surface area contributed by atoms with E-state index < -0.39 is 29.5 Å². The number of aliphatic hydroxyl groups excluding tert-OH is 1. The van der Waals surface area contributed by atoms with E-state index in [-0.39, 0.29) is 12.0 Å². The van der Waals surface area contributed by atoms with Gasteiger partial charge in [-0.2, -0.15) is 0 Å². The molecular weight excluding hydrogens is 326 g/mol. The monoisotopic (exact) mass is 355 g/mol. The van der Waals surface area contributed by atoms with Crippen LogP contribution in [0.2, 0.25) is 0 Å². The minimum atomic E-state index is -1.01. The molecule has 1 fully saturated rings. The molecule has 0 aromatic heterocycles. The Bertz CT molecular complexity index is 543. The Hall–Kier alpha value is -1.94. The molecule has 1 rings (SSSR count). The van der Waals surface area contributed by atoms with Crippen molar-refractivity contribution in [1.82, 2.24) is 5.06 Å². The van der Waals surface area contributed by atoms with Gasteiger partial charge in [0, 0.05) is 5.92 Å². The van der Waals surface area contributed by atoms with Crippen molar-refractivity contribution in [3.05, 3.63) is 0 Å². The Kier molecular flexibility index (Phi) is 6.72. The first-order chi connectivity index (χ1) is 11.3. The van der Waals surface area contributed by atoms with Crippen LogP contribution in [-0.2, 0) is 14.3 Å². The Balaban J connectivity index is 2.82. The van der Waals surface area contributed by atoms with Gasteiger partial charge in [0.25, 0.3) is 0 Å². The summed E-state index contributed by atoms with van der Waals surface area (Å²) in [4.78, 5) is 29.3. The van der Waals surface area contributed by atoms with E-state index in [4.69, 9.17) is 14.3 Å². The fourth-order valence-electron chi connectivity index (χ4n) is 1.93. The maximum atomic E-state index is 12.3. The van der Waals surface area contributed by atoms with Crippen molar-refractivity contribution in [3.63, 3.8) is 0 Å². The highest BCUT2D eigenvalue weighted by molar-refractivity contribution is 5.70. The molecular formula is C18H29NO6. The largest absolute Gasteiger partial charge is 0.534 e. The van der Waals surface area contributed by atoms with E-state index in [2.05, 4.69) is 11.8 Å². The van der Waals surface area contributed by atoms with Crippen LogP contribution in [0.25, 0.3) is 0 Å². The molecule has 1 unspecified atom stereocenters. The van der Waals surface area contributed by atoms with Crippen molar-refractivity contribution in [1.29, 1.82) is 0 Å². The molecule has 7 nitrogen and oxygen atoms in total. The number of hydrogen-bond donors (Lipinski definition) is 1. The summed E-state index contributed by atoms with van der Waals surface area (Å²) in [6.45, 7) is 11.8. The number of aliphatic hydroxyl groups is 1. The van der Waals surface area contributed by atoms with Gasteiger partial charge in [0.05, 0.1) is 6.10 Å². The van der Waals surface area contributed by atoms with Crippen molar-refractivity contribution >= 4 is 12.2 Å². The predicted octanol–water partition coefficient (Wildman–Crippen LogP) is 3.25. The number of rotatable bonds is 1. The van der Waals surface area contributed by atoms with Crippen LogP contribution in [0.5, 0.6) is 0 Å². The maximum Gasteiger partial charge on any atom is 0.534 e. The summed E-state index contributed by atoms with van der Waals surface area (Å²) >= 11 is 0. The Morgan fingerprint density at radius 1 is 1.08 bits per heavy atom. The molecule has 1 aliphatic carbocycles. The topological polar surface area (TPSA) is 85.3 Å². The van der Waals surface area contributed by atoms with Gasteiger partial charge in [-0.25, -0.2) is 9.59 Å². The molecule has 0 aromatic rings. The normalized spacial score (nSPS) is 21.1.